The second-order valence-corrected chi connectivity index (χ2v) is 4.78. The fourth-order valence-corrected chi connectivity index (χ4v) is 2.46. The summed E-state index contributed by atoms with van der Waals surface area (Å²) in [5.74, 6) is 0.0904. The van der Waals surface area contributed by atoms with Crippen LogP contribution in [0.5, 0.6) is 0 Å². The van der Waals surface area contributed by atoms with Crippen LogP contribution in [-0.2, 0) is 18.0 Å². The number of hydrogen-bond donors (Lipinski definition) is 1. The smallest absolute Gasteiger partial charge is 0.253 e. The number of amides is 1. The van der Waals surface area contributed by atoms with Crippen LogP contribution in [0.3, 0.4) is 0 Å². The lowest BCUT2D eigenvalue weighted by Crippen LogP contribution is -2.31. The molecule has 5 heteroatoms. The number of rotatable bonds is 1. The minimum atomic E-state index is 0. The molecule has 0 unspecified atom stereocenters. The molecule has 2 aliphatic rings. The molecule has 1 fully saturated rings. The van der Waals surface area contributed by atoms with E-state index in [0.717, 1.165) is 24.1 Å². The van der Waals surface area contributed by atoms with Gasteiger partial charge < -0.3 is 15.4 Å². The SMILES string of the molecule is Cl.N[C@@H]1CCN(C(=O)c2ccc3c(c2)COC3)C1. The Labute approximate surface area is 113 Å². The Morgan fingerprint density at radius 2 is 2.11 bits per heavy atom. The maximum atomic E-state index is 12.2. The Morgan fingerprint density at radius 3 is 2.83 bits per heavy atom. The average molecular weight is 269 g/mol. The van der Waals surface area contributed by atoms with Crippen molar-refractivity contribution in [3.63, 3.8) is 0 Å². The third kappa shape index (κ3) is 2.36. The fraction of sp³-hybridized carbons (Fsp3) is 0.462. The zero-order valence-corrected chi connectivity index (χ0v) is 10.9. The van der Waals surface area contributed by atoms with Gasteiger partial charge in [0, 0.05) is 24.7 Å². The van der Waals surface area contributed by atoms with Crippen molar-refractivity contribution in [1.82, 2.24) is 4.90 Å². The topological polar surface area (TPSA) is 55.6 Å². The summed E-state index contributed by atoms with van der Waals surface area (Å²) >= 11 is 0. The maximum absolute atomic E-state index is 12.2. The van der Waals surface area contributed by atoms with E-state index in [1.807, 2.05) is 23.1 Å². The molecule has 2 N–H and O–H groups in total. The molecule has 0 saturated carbocycles. The third-order valence-corrected chi connectivity index (χ3v) is 3.48. The van der Waals surface area contributed by atoms with Crippen molar-refractivity contribution >= 4 is 18.3 Å². The van der Waals surface area contributed by atoms with Gasteiger partial charge >= 0.3 is 0 Å². The van der Waals surface area contributed by atoms with E-state index in [0.29, 0.717) is 19.8 Å². The number of halogens is 1. The second kappa shape index (κ2) is 5.26. The van der Waals surface area contributed by atoms with Crippen LogP contribution in [0.15, 0.2) is 18.2 Å². The van der Waals surface area contributed by atoms with E-state index in [-0.39, 0.29) is 24.4 Å². The van der Waals surface area contributed by atoms with Gasteiger partial charge in [-0.2, -0.15) is 0 Å². The van der Waals surface area contributed by atoms with Crippen LogP contribution in [0.4, 0.5) is 0 Å². The van der Waals surface area contributed by atoms with E-state index in [1.54, 1.807) is 0 Å². The molecule has 2 heterocycles. The van der Waals surface area contributed by atoms with Gasteiger partial charge in [-0.25, -0.2) is 0 Å². The third-order valence-electron chi connectivity index (χ3n) is 3.48. The molecule has 0 spiro atoms. The average Bonchev–Trinajstić information content (AvgIpc) is 2.95. The van der Waals surface area contributed by atoms with Crippen molar-refractivity contribution in [2.45, 2.75) is 25.7 Å². The predicted molar refractivity (Wildman–Crippen MR) is 70.7 cm³/mol. The molecule has 0 aromatic heterocycles. The highest BCUT2D eigenvalue weighted by molar-refractivity contribution is 5.94. The number of fused-ring (bicyclic) bond motifs is 1. The van der Waals surface area contributed by atoms with Crippen LogP contribution in [0.2, 0.25) is 0 Å². The van der Waals surface area contributed by atoms with E-state index in [1.165, 1.54) is 5.56 Å². The number of benzene rings is 1. The van der Waals surface area contributed by atoms with Crippen molar-refractivity contribution in [2.24, 2.45) is 5.73 Å². The number of carbonyl (C=O) groups is 1. The molecule has 18 heavy (non-hydrogen) atoms. The predicted octanol–water partition coefficient (Wildman–Crippen LogP) is 1.31. The molecule has 1 aromatic rings. The van der Waals surface area contributed by atoms with Crippen molar-refractivity contribution < 1.29 is 9.53 Å². The van der Waals surface area contributed by atoms with Gasteiger partial charge in [-0.05, 0) is 29.7 Å². The van der Waals surface area contributed by atoms with Crippen LogP contribution >= 0.6 is 12.4 Å². The Morgan fingerprint density at radius 1 is 1.33 bits per heavy atom. The summed E-state index contributed by atoms with van der Waals surface area (Å²) in [5.41, 5.74) is 8.90. The molecule has 0 bridgehead atoms. The molecule has 0 radical (unpaired) electrons. The summed E-state index contributed by atoms with van der Waals surface area (Å²) in [6.45, 7) is 2.73. The number of ether oxygens (including phenoxy) is 1. The quantitative estimate of drug-likeness (QED) is 0.836. The van der Waals surface area contributed by atoms with E-state index >= 15 is 0 Å². The van der Waals surface area contributed by atoms with Crippen molar-refractivity contribution in [3.8, 4) is 0 Å². The highest BCUT2D eigenvalue weighted by atomic mass is 35.5. The van der Waals surface area contributed by atoms with Crippen molar-refractivity contribution in [1.29, 1.82) is 0 Å². The highest BCUT2D eigenvalue weighted by Crippen LogP contribution is 2.22. The first-order valence-electron chi connectivity index (χ1n) is 5.98. The van der Waals surface area contributed by atoms with Gasteiger partial charge in [-0.15, -0.1) is 12.4 Å². The molecule has 0 aliphatic carbocycles. The Bertz CT molecular complexity index is 464. The molecular weight excluding hydrogens is 252 g/mol. The lowest BCUT2D eigenvalue weighted by molar-refractivity contribution is 0.0790. The summed E-state index contributed by atoms with van der Waals surface area (Å²) in [5, 5.41) is 0. The maximum Gasteiger partial charge on any atom is 0.253 e. The minimum absolute atomic E-state index is 0. The van der Waals surface area contributed by atoms with Crippen molar-refractivity contribution in [3.05, 3.63) is 34.9 Å². The molecule has 1 saturated heterocycles. The summed E-state index contributed by atoms with van der Waals surface area (Å²) in [6.07, 6.45) is 0.903. The normalized spacial score (nSPS) is 21.6. The summed E-state index contributed by atoms with van der Waals surface area (Å²) < 4.78 is 5.35. The highest BCUT2D eigenvalue weighted by Gasteiger charge is 2.25. The zero-order valence-electron chi connectivity index (χ0n) is 10.1. The molecule has 98 valence electrons. The fourth-order valence-electron chi connectivity index (χ4n) is 2.46. The molecule has 3 rings (SSSR count). The first-order chi connectivity index (χ1) is 8.24. The summed E-state index contributed by atoms with van der Waals surface area (Å²) in [6, 6.07) is 5.97. The Balaban J connectivity index is 0.00000120. The van der Waals surface area contributed by atoms with E-state index in [2.05, 4.69) is 0 Å². The molecule has 4 nitrogen and oxygen atoms in total. The van der Waals surface area contributed by atoms with E-state index in [4.69, 9.17) is 10.5 Å². The first kappa shape index (κ1) is 13.3. The molecule has 2 aliphatic heterocycles. The van der Waals surface area contributed by atoms with E-state index in [9.17, 15) is 4.79 Å². The lowest BCUT2D eigenvalue weighted by atomic mass is 10.1. The lowest BCUT2D eigenvalue weighted by Gasteiger charge is -2.16. The van der Waals surface area contributed by atoms with Crippen LogP contribution in [-0.4, -0.2) is 29.9 Å². The molecule has 1 amide bonds. The Kier molecular flexibility index (Phi) is 3.90. The van der Waals surface area contributed by atoms with Crippen LogP contribution in [0, 0.1) is 0 Å². The van der Waals surface area contributed by atoms with Gasteiger partial charge in [0.15, 0.2) is 0 Å². The number of carbonyl (C=O) groups excluding carboxylic acids is 1. The van der Waals surface area contributed by atoms with Crippen molar-refractivity contribution in [2.75, 3.05) is 13.1 Å². The van der Waals surface area contributed by atoms with Gasteiger partial charge in [-0.3, -0.25) is 4.79 Å². The van der Waals surface area contributed by atoms with E-state index < -0.39 is 0 Å². The van der Waals surface area contributed by atoms with Gasteiger partial charge in [0.25, 0.3) is 5.91 Å². The Hall–Kier alpha value is -1.10. The van der Waals surface area contributed by atoms with Gasteiger partial charge in [0.05, 0.1) is 13.2 Å². The second-order valence-electron chi connectivity index (χ2n) is 4.78. The van der Waals surface area contributed by atoms with Gasteiger partial charge in [0.2, 0.25) is 0 Å². The van der Waals surface area contributed by atoms with Crippen LogP contribution in [0.25, 0.3) is 0 Å². The molecular formula is C13H17ClN2O2. The summed E-state index contributed by atoms with van der Waals surface area (Å²) in [4.78, 5) is 14.1. The zero-order chi connectivity index (χ0) is 11.8. The number of likely N-dealkylation sites (tertiary alicyclic amines) is 1. The van der Waals surface area contributed by atoms with Gasteiger partial charge in [0.1, 0.15) is 0 Å². The largest absolute Gasteiger partial charge is 0.372 e. The van der Waals surface area contributed by atoms with Crippen LogP contribution in [0.1, 0.15) is 27.9 Å². The first-order valence-corrected chi connectivity index (χ1v) is 5.98. The van der Waals surface area contributed by atoms with Crippen LogP contribution < -0.4 is 5.73 Å². The number of nitrogens with two attached hydrogens (primary N) is 1. The molecule has 1 aromatic carbocycles. The molecule has 1 atom stereocenters. The minimum Gasteiger partial charge on any atom is -0.372 e. The summed E-state index contributed by atoms with van der Waals surface area (Å²) in [7, 11) is 0. The monoisotopic (exact) mass is 268 g/mol. The van der Waals surface area contributed by atoms with Gasteiger partial charge in [-0.1, -0.05) is 6.07 Å². The standard InChI is InChI=1S/C13H16N2O2.ClH/c14-12-3-4-15(6-12)13(16)9-1-2-10-7-17-8-11(10)5-9;/h1-2,5,12H,3-4,6-8,14H2;1H/t12-;/m1./s1. The number of nitrogens with zero attached hydrogens (tertiary/aromatic N) is 1. The number of hydrogen-bond acceptors (Lipinski definition) is 3.